The molecular weight excluding hydrogens is 444 g/mol. The van der Waals surface area contributed by atoms with Gasteiger partial charge in [0.15, 0.2) is 0 Å². The van der Waals surface area contributed by atoms with Crippen molar-refractivity contribution in [1.29, 1.82) is 0 Å². The van der Waals surface area contributed by atoms with Crippen molar-refractivity contribution in [3.63, 3.8) is 0 Å². The van der Waals surface area contributed by atoms with E-state index >= 15 is 0 Å². The van der Waals surface area contributed by atoms with Crippen LogP contribution in [0.2, 0.25) is 0 Å². The Kier molecular flexibility index (Phi) is 9.03. The highest BCUT2D eigenvalue weighted by molar-refractivity contribution is 5.87. The van der Waals surface area contributed by atoms with E-state index in [1.165, 1.54) is 5.56 Å². The van der Waals surface area contributed by atoms with Crippen LogP contribution in [0.4, 0.5) is 0 Å². The van der Waals surface area contributed by atoms with E-state index in [2.05, 4.69) is 22.3 Å². The number of carbonyl (C=O) groups is 2. The van der Waals surface area contributed by atoms with E-state index in [1.807, 2.05) is 12.1 Å². The van der Waals surface area contributed by atoms with Gasteiger partial charge in [0, 0.05) is 51.3 Å². The normalized spacial score (nSPS) is 29.3. The van der Waals surface area contributed by atoms with Gasteiger partial charge in [-0.05, 0) is 69.1 Å². The molecule has 0 bridgehead atoms. The van der Waals surface area contributed by atoms with Crippen LogP contribution in [-0.4, -0.2) is 78.7 Å². The number of rotatable bonds is 8. The second-order valence-electron chi connectivity index (χ2n) is 10.4. The predicted octanol–water partition coefficient (Wildman–Crippen LogP) is 2.44. The lowest BCUT2D eigenvalue weighted by molar-refractivity contribution is -0.142. The molecule has 3 N–H and O–H groups in total. The van der Waals surface area contributed by atoms with E-state index in [0.29, 0.717) is 13.0 Å². The van der Waals surface area contributed by atoms with Crippen LogP contribution in [0.5, 0.6) is 5.75 Å². The molecule has 8 heteroatoms. The largest absolute Gasteiger partial charge is 0.497 e. The molecule has 2 unspecified atom stereocenters. The molecule has 3 atom stereocenters. The van der Waals surface area contributed by atoms with Gasteiger partial charge < -0.3 is 25.4 Å². The number of piperidine rings is 1. The Balaban J connectivity index is 1.47. The fourth-order valence-corrected chi connectivity index (χ4v) is 5.82. The molecule has 2 amide bonds. The quantitative estimate of drug-likeness (QED) is 0.586. The molecule has 8 nitrogen and oxygen atoms in total. The van der Waals surface area contributed by atoms with Crippen molar-refractivity contribution in [1.82, 2.24) is 15.1 Å². The molecule has 0 spiro atoms. The van der Waals surface area contributed by atoms with Crippen molar-refractivity contribution in [2.45, 2.75) is 95.1 Å². The Labute approximate surface area is 209 Å². The Bertz CT molecular complexity index is 834. The zero-order valence-electron chi connectivity index (χ0n) is 21.3. The molecule has 2 aliphatic heterocycles. The summed E-state index contributed by atoms with van der Waals surface area (Å²) in [5.74, 6) is 0.788. The summed E-state index contributed by atoms with van der Waals surface area (Å²) in [7, 11) is 1.68. The van der Waals surface area contributed by atoms with E-state index in [4.69, 9.17) is 15.2 Å². The Morgan fingerprint density at radius 1 is 1.14 bits per heavy atom. The van der Waals surface area contributed by atoms with Crippen LogP contribution in [-0.2, 0) is 20.9 Å². The van der Waals surface area contributed by atoms with Gasteiger partial charge in [-0.2, -0.15) is 0 Å². The van der Waals surface area contributed by atoms with E-state index in [9.17, 15) is 9.59 Å². The summed E-state index contributed by atoms with van der Waals surface area (Å²) in [5, 5.41) is 3.24. The van der Waals surface area contributed by atoms with Crippen LogP contribution < -0.4 is 15.8 Å². The first-order valence-electron chi connectivity index (χ1n) is 13.2. The predicted molar refractivity (Wildman–Crippen MR) is 135 cm³/mol. The summed E-state index contributed by atoms with van der Waals surface area (Å²) >= 11 is 0. The van der Waals surface area contributed by atoms with Gasteiger partial charge in [-0.3, -0.25) is 14.5 Å². The van der Waals surface area contributed by atoms with Crippen molar-refractivity contribution in [2.24, 2.45) is 5.73 Å². The van der Waals surface area contributed by atoms with Crippen molar-refractivity contribution in [2.75, 3.05) is 26.8 Å². The summed E-state index contributed by atoms with van der Waals surface area (Å²) in [5.41, 5.74) is 7.25. The molecule has 1 aromatic carbocycles. The van der Waals surface area contributed by atoms with Crippen molar-refractivity contribution in [3.8, 4) is 5.75 Å². The highest BCUT2D eigenvalue weighted by atomic mass is 16.5. The number of hydrogen-bond acceptors (Lipinski definition) is 6. The molecule has 3 fully saturated rings. The van der Waals surface area contributed by atoms with E-state index in [1.54, 1.807) is 18.9 Å². The Morgan fingerprint density at radius 3 is 2.51 bits per heavy atom. The SMILES string of the molecule is COc1ccc(CN(CC2CCCO2)C2CCN(C(C)=O)[C@@H](C(=O)NC3CCC(N)CC3)C2)cc1. The minimum Gasteiger partial charge on any atom is -0.497 e. The van der Waals surface area contributed by atoms with E-state index < -0.39 is 6.04 Å². The molecule has 2 heterocycles. The third-order valence-corrected chi connectivity index (χ3v) is 7.92. The third-order valence-electron chi connectivity index (χ3n) is 7.92. The van der Waals surface area contributed by atoms with Gasteiger partial charge in [-0.25, -0.2) is 0 Å². The number of carbonyl (C=O) groups excluding carboxylic acids is 2. The van der Waals surface area contributed by atoms with Gasteiger partial charge in [0.2, 0.25) is 11.8 Å². The average Bonchev–Trinajstić information content (AvgIpc) is 3.38. The molecule has 0 radical (unpaired) electrons. The smallest absolute Gasteiger partial charge is 0.243 e. The summed E-state index contributed by atoms with van der Waals surface area (Å²) < 4.78 is 11.3. The van der Waals surface area contributed by atoms with Gasteiger partial charge in [0.25, 0.3) is 0 Å². The maximum atomic E-state index is 13.4. The van der Waals surface area contributed by atoms with Crippen LogP contribution in [0, 0.1) is 0 Å². The first-order chi connectivity index (χ1) is 16.9. The first-order valence-corrected chi connectivity index (χ1v) is 13.2. The van der Waals surface area contributed by atoms with E-state index in [0.717, 1.165) is 70.4 Å². The van der Waals surface area contributed by atoms with Crippen molar-refractivity contribution >= 4 is 11.8 Å². The minimum atomic E-state index is -0.440. The molecule has 2 saturated heterocycles. The van der Waals surface area contributed by atoms with Crippen LogP contribution in [0.15, 0.2) is 24.3 Å². The van der Waals surface area contributed by atoms with Crippen molar-refractivity contribution in [3.05, 3.63) is 29.8 Å². The van der Waals surface area contributed by atoms with Crippen LogP contribution in [0.1, 0.15) is 63.9 Å². The number of nitrogens with one attached hydrogen (secondary N) is 1. The Morgan fingerprint density at radius 2 is 1.89 bits per heavy atom. The maximum absolute atomic E-state index is 13.4. The van der Waals surface area contributed by atoms with Crippen LogP contribution in [0.3, 0.4) is 0 Å². The van der Waals surface area contributed by atoms with Gasteiger partial charge in [-0.1, -0.05) is 12.1 Å². The molecule has 1 aromatic rings. The highest BCUT2D eigenvalue weighted by Gasteiger charge is 2.38. The second kappa shape index (κ2) is 12.2. The maximum Gasteiger partial charge on any atom is 0.243 e. The molecule has 0 aromatic heterocycles. The number of nitrogens with two attached hydrogens (primary N) is 1. The number of likely N-dealkylation sites (tertiary alicyclic amines) is 1. The molecule has 35 heavy (non-hydrogen) atoms. The van der Waals surface area contributed by atoms with Gasteiger partial charge in [0.1, 0.15) is 11.8 Å². The monoisotopic (exact) mass is 486 g/mol. The first kappa shape index (κ1) is 25.9. The molecule has 3 aliphatic rings. The molecular formula is C27H42N4O4. The Hall–Kier alpha value is -2.16. The number of amides is 2. The lowest BCUT2D eigenvalue weighted by Gasteiger charge is -2.43. The van der Waals surface area contributed by atoms with Crippen LogP contribution in [0.25, 0.3) is 0 Å². The van der Waals surface area contributed by atoms with Gasteiger partial charge >= 0.3 is 0 Å². The number of ether oxygens (including phenoxy) is 2. The number of methoxy groups -OCH3 is 1. The minimum absolute atomic E-state index is 0.0214. The highest BCUT2D eigenvalue weighted by Crippen LogP contribution is 2.27. The number of hydrogen-bond donors (Lipinski definition) is 2. The fourth-order valence-electron chi connectivity index (χ4n) is 5.82. The van der Waals surface area contributed by atoms with Crippen LogP contribution >= 0.6 is 0 Å². The summed E-state index contributed by atoms with van der Waals surface area (Å²) in [6.07, 6.45) is 7.57. The standard InChI is InChI=1S/C27H42N4O4/c1-19(32)31-14-13-23(16-26(31)27(33)29-22-9-7-21(28)8-10-22)30(18-25-4-3-15-35-25)17-20-5-11-24(34-2)12-6-20/h5-6,11-12,21-23,25-26H,3-4,7-10,13-18,28H2,1-2H3,(H,29,33)/t21?,22?,23?,25?,26-/m1/s1. The van der Waals surface area contributed by atoms with Gasteiger partial charge in [0.05, 0.1) is 13.2 Å². The summed E-state index contributed by atoms with van der Waals surface area (Å²) in [4.78, 5) is 30.1. The molecule has 4 rings (SSSR count). The lowest BCUT2D eigenvalue weighted by Crippen LogP contribution is -2.58. The lowest BCUT2D eigenvalue weighted by atomic mass is 9.90. The second-order valence-corrected chi connectivity index (χ2v) is 10.4. The topological polar surface area (TPSA) is 97.1 Å². The number of benzene rings is 1. The number of nitrogens with zero attached hydrogens (tertiary/aromatic N) is 2. The summed E-state index contributed by atoms with van der Waals surface area (Å²) in [6.45, 7) is 4.61. The van der Waals surface area contributed by atoms with E-state index in [-0.39, 0.29) is 36.0 Å². The summed E-state index contributed by atoms with van der Waals surface area (Å²) in [6, 6.07) is 8.33. The zero-order valence-corrected chi connectivity index (χ0v) is 21.3. The van der Waals surface area contributed by atoms with Crippen molar-refractivity contribution < 1.29 is 19.1 Å². The third kappa shape index (κ3) is 6.96. The molecule has 1 saturated carbocycles. The molecule has 1 aliphatic carbocycles. The van der Waals surface area contributed by atoms with Gasteiger partial charge in [-0.15, -0.1) is 0 Å². The zero-order chi connectivity index (χ0) is 24.8. The average molecular weight is 487 g/mol. The molecule has 194 valence electrons. The fraction of sp³-hybridized carbons (Fsp3) is 0.704.